The predicted molar refractivity (Wildman–Crippen MR) is 99.2 cm³/mol. The SMILES string of the molecule is C[C@@H](OC(=O)/C=C\c1cnccn1)C(=O)Nc1ccc2ccccc2c1. The Labute approximate surface area is 150 Å². The van der Waals surface area contributed by atoms with Gasteiger partial charge in [0.2, 0.25) is 0 Å². The zero-order valence-electron chi connectivity index (χ0n) is 14.1. The van der Waals surface area contributed by atoms with Gasteiger partial charge in [-0.25, -0.2) is 4.79 Å². The lowest BCUT2D eigenvalue weighted by Crippen LogP contribution is -2.29. The zero-order valence-corrected chi connectivity index (χ0v) is 14.1. The van der Waals surface area contributed by atoms with Gasteiger partial charge >= 0.3 is 5.97 Å². The van der Waals surface area contributed by atoms with E-state index in [0.29, 0.717) is 11.4 Å². The molecule has 2 aromatic carbocycles. The maximum absolute atomic E-state index is 12.2. The van der Waals surface area contributed by atoms with E-state index in [0.717, 1.165) is 10.8 Å². The summed E-state index contributed by atoms with van der Waals surface area (Å²) in [7, 11) is 0. The van der Waals surface area contributed by atoms with Crippen LogP contribution in [0.1, 0.15) is 12.6 Å². The lowest BCUT2D eigenvalue weighted by atomic mass is 10.1. The smallest absolute Gasteiger partial charge is 0.331 e. The molecule has 0 bridgehead atoms. The third-order valence-electron chi connectivity index (χ3n) is 3.65. The molecule has 0 fully saturated rings. The maximum Gasteiger partial charge on any atom is 0.331 e. The summed E-state index contributed by atoms with van der Waals surface area (Å²) in [5.74, 6) is -1.03. The van der Waals surface area contributed by atoms with Gasteiger partial charge in [-0.15, -0.1) is 0 Å². The second-order valence-electron chi connectivity index (χ2n) is 5.59. The fraction of sp³-hybridized carbons (Fsp3) is 0.100. The fourth-order valence-electron chi connectivity index (χ4n) is 2.33. The van der Waals surface area contributed by atoms with Gasteiger partial charge in [0.05, 0.1) is 11.9 Å². The number of hydrogen-bond donors (Lipinski definition) is 1. The first kappa shape index (κ1) is 17.3. The van der Waals surface area contributed by atoms with Crippen molar-refractivity contribution in [1.82, 2.24) is 9.97 Å². The van der Waals surface area contributed by atoms with Crippen molar-refractivity contribution in [3.8, 4) is 0 Å². The van der Waals surface area contributed by atoms with E-state index in [-0.39, 0.29) is 0 Å². The van der Waals surface area contributed by atoms with E-state index < -0.39 is 18.0 Å². The standard InChI is InChI=1S/C20H17N3O3/c1-14(26-19(24)9-8-18-13-21-10-11-22-18)20(25)23-17-7-6-15-4-2-3-5-16(15)12-17/h2-14H,1H3,(H,23,25)/b9-8-/t14-/m1/s1. The molecule has 0 radical (unpaired) electrons. The van der Waals surface area contributed by atoms with E-state index in [1.807, 2.05) is 42.5 Å². The average molecular weight is 347 g/mol. The van der Waals surface area contributed by atoms with Crippen LogP contribution in [0.2, 0.25) is 0 Å². The predicted octanol–water partition coefficient (Wildman–Crippen LogP) is 3.21. The number of benzene rings is 2. The summed E-state index contributed by atoms with van der Waals surface area (Å²) in [6, 6.07) is 13.4. The lowest BCUT2D eigenvalue weighted by Gasteiger charge is -2.12. The molecule has 26 heavy (non-hydrogen) atoms. The minimum atomic E-state index is -0.930. The van der Waals surface area contributed by atoms with E-state index in [1.54, 1.807) is 0 Å². The molecule has 3 rings (SSSR count). The van der Waals surface area contributed by atoms with E-state index >= 15 is 0 Å². The monoisotopic (exact) mass is 347 g/mol. The molecule has 1 atom stereocenters. The zero-order chi connectivity index (χ0) is 18.4. The highest BCUT2D eigenvalue weighted by Crippen LogP contribution is 2.19. The molecule has 0 aliphatic carbocycles. The van der Waals surface area contributed by atoms with Crippen LogP contribution in [0.25, 0.3) is 16.8 Å². The molecule has 0 unspecified atom stereocenters. The Morgan fingerprint density at radius 2 is 1.92 bits per heavy atom. The summed E-state index contributed by atoms with van der Waals surface area (Å²) in [6.07, 6.45) is 6.33. The van der Waals surface area contributed by atoms with Crippen molar-refractivity contribution >= 4 is 34.4 Å². The largest absolute Gasteiger partial charge is 0.449 e. The Kier molecular flexibility index (Phi) is 5.34. The third-order valence-corrected chi connectivity index (χ3v) is 3.65. The van der Waals surface area contributed by atoms with Crippen molar-refractivity contribution in [2.45, 2.75) is 13.0 Å². The van der Waals surface area contributed by atoms with Crippen molar-refractivity contribution < 1.29 is 14.3 Å². The molecule has 0 saturated carbocycles. The fourth-order valence-corrected chi connectivity index (χ4v) is 2.33. The van der Waals surface area contributed by atoms with Crippen LogP contribution in [0.4, 0.5) is 5.69 Å². The molecular formula is C20H17N3O3. The Morgan fingerprint density at radius 3 is 2.69 bits per heavy atom. The molecule has 130 valence electrons. The molecule has 6 nitrogen and oxygen atoms in total. The number of hydrogen-bond acceptors (Lipinski definition) is 5. The molecule has 1 heterocycles. The maximum atomic E-state index is 12.2. The number of carbonyl (C=O) groups excluding carboxylic acids is 2. The van der Waals surface area contributed by atoms with E-state index in [1.165, 1.54) is 37.7 Å². The average Bonchev–Trinajstić information content (AvgIpc) is 2.67. The number of carbonyl (C=O) groups is 2. The van der Waals surface area contributed by atoms with Crippen molar-refractivity contribution in [3.05, 3.63) is 72.8 Å². The van der Waals surface area contributed by atoms with Crippen LogP contribution < -0.4 is 5.32 Å². The topological polar surface area (TPSA) is 81.2 Å². The van der Waals surface area contributed by atoms with Crippen molar-refractivity contribution in [1.29, 1.82) is 0 Å². The summed E-state index contributed by atoms with van der Waals surface area (Å²) in [6.45, 7) is 1.52. The number of rotatable bonds is 5. The van der Waals surface area contributed by atoms with Gasteiger partial charge in [-0.1, -0.05) is 30.3 Å². The van der Waals surface area contributed by atoms with Crippen LogP contribution in [0.5, 0.6) is 0 Å². The number of nitrogens with one attached hydrogen (secondary N) is 1. The summed E-state index contributed by atoms with van der Waals surface area (Å²) in [5.41, 5.74) is 1.17. The van der Waals surface area contributed by atoms with Crippen molar-refractivity contribution in [3.63, 3.8) is 0 Å². The minimum Gasteiger partial charge on any atom is -0.449 e. The van der Waals surface area contributed by atoms with Gasteiger partial charge in [0, 0.05) is 24.2 Å². The molecular weight excluding hydrogens is 330 g/mol. The summed E-state index contributed by atoms with van der Waals surface area (Å²) < 4.78 is 5.11. The molecule has 0 aliphatic rings. The van der Waals surface area contributed by atoms with E-state index in [2.05, 4.69) is 15.3 Å². The first-order chi connectivity index (χ1) is 12.6. The van der Waals surface area contributed by atoms with Gasteiger partial charge in [0.1, 0.15) is 0 Å². The molecule has 1 amide bonds. The quantitative estimate of drug-likeness (QED) is 0.566. The first-order valence-corrected chi connectivity index (χ1v) is 8.06. The van der Waals surface area contributed by atoms with Crippen LogP contribution in [-0.4, -0.2) is 27.9 Å². The van der Waals surface area contributed by atoms with Crippen LogP contribution in [0.3, 0.4) is 0 Å². The van der Waals surface area contributed by atoms with Crippen LogP contribution in [0.15, 0.2) is 67.1 Å². The van der Waals surface area contributed by atoms with Crippen LogP contribution in [-0.2, 0) is 14.3 Å². The number of anilines is 1. The van der Waals surface area contributed by atoms with Crippen LogP contribution >= 0.6 is 0 Å². The van der Waals surface area contributed by atoms with E-state index in [4.69, 9.17) is 4.74 Å². The molecule has 1 aromatic heterocycles. The van der Waals surface area contributed by atoms with Crippen molar-refractivity contribution in [2.75, 3.05) is 5.32 Å². The van der Waals surface area contributed by atoms with Gasteiger partial charge < -0.3 is 10.1 Å². The summed E-state index contributed by atoms with van der Waals surface area (Å²) in [4.78, 5) is 31.9. The highest BCUT2D eigenvalue weighted by molar-refractivity contribution is 5.98. The Morgan fingerprint density at radius 1 is 1.12 bits per heavy atom. The Balaban J connectivity index is 1.58. The Hall–Kier alpha value is -3.54. The normalized spacial score (nSPS) is 12.0. The number of esters is 1. The molecule has 6 heteroatoms. The van der Waals surface area contributed by atoms with Crippen molar-refractivity contribution in [2.24, 2.45) is 0 Å². The minimum absolute atomic E-state index is 0.401. The van der Waals surface area contributed by atoms with Gasteiger partial charge in [-0.2, -0.15) is 0 Å². The summed E-state index contributed by atoms with van der Waals surface area (Å²) in [5, 5.41) is 4.85. The number of ether oxygens (including phenoxy) is 1. The number of amides is 1. The number of fused-ring (bicyclic) bond motifs is 1. The summed E-state index contributed by atoms with van der Waals surface area (Å²) >= 11 is 0. The highest BCUT2D eigenvalue weighted by Gasteiger charge is 2.16. The lowest BCUT2D eigenvalue weighted by molar-refractivity contribution is -0.148. The van der Waals surface area contributed by atoms with E-state index in [9.17, 15) is 9.59 Å². The second-order valence-corrected chi connectivity index (χ2v) is 5.59. The third kappa shape index (κ3) is 4.51. The highest BCUT2D eigenvalue weighted by atomic mass is 16.5. The number of nitrogens with zero attached hydrogens (tertiary/aromatic N) is 2. The molecule has 1 N–H and O–H groups in total. The van der Waals surface area contributed by atoms with Crippen LogP contribution in [0, 0.1) is 0 Å². The first-order valence-electron chi connectivity index (χ1n) is 8.06. The van der Waals surface area contributed by atoms with Gasteiger partial charge in [0.25, 0.3) is 5.91 Å². The molecule has 0 spiro atoms. The van der Waals surface area contributed by atoms with Gasteiger partial charge in [-0.05, 0) is 35.9 Å². The molecule has 3 aromatic rings. The van der Waals surface area contributed by atoms with Gasteiger partial charge in [-0.3, -0.25) is 14.8 Å². The molecule has 0 aliphatic heterocycles. The number of aromatic nitrogens is 2. The second kappa shape index (κ2) is 8.02. The Bertz CT molecular complexity index is 955. The van der Waals surface area contributed by atoms with Gasteiger partial charge in [0.15, 0.2) is 6.10 Å². The molecule has 0 saturated heterocycles.